The maximum atomic E-state index is 4.99. The van der Waals surface area contributed by atoms with Gasteiger partial charge < -0.3 is 9.15 Å². The first-order valence-corrected chi connectivity index (χ1v) is 3.21. The third-order valence-corrected chi connectivity index (χ3v) is 1.49. The fraction of sp³-hybridized carbons (Fsp3) is 0.125. The Morgan fingerprint density at radius 2 is 2.45 bits per heavy atom. The topological polar surface area (TPSA) is 35.3 Å². The average Bonchev–Trinajstić information content (AvgIpc) is 2.50. The first-order valence-electron chi connectivity index (χ1n) is 3.21. The molecule has 11 heavy (non-hydrogen) atoms. The van der Waals surface area contributed by atoms with Crippen molar-refractivity contribution in [3.63, 3.8) is 0 Å². The first kappa shape index (κ1) is 6.22. The Hall–Kier alpha value is -1.51. The molecule has 0 aliphatic heterocycles. The van der Waals surface area contributed by atoms with Gasteiger partial charge in [-0.3, -0.25) is 0 Å². The quantitative estimate of drug-likeness (QED) is 0.616. The number of oxazole rings is 1. The highest BCUT2D eigenvalue weighted by atomic mass is 16.5. The van der Waals surface area contributed by atoms with E-state index in [0.717, 1.165) is 11.3 Å². The number of aromatic nitrogens is 1. The summed E-state index contributed by atoms with van der Waals surface area (Å²) < 4.78 is 9.93. The number of benzene rings is 1. The highest BCUT2D eigenvalue weighted by Gasteiger charge is 1.98. The molecule has 55 valence electrons. The summed E-state index contributed by atoms with van der Waals surface area (Å²) in [4.78, 5) is 3.85. The second kappa shape index (κ2) is 2.27. The van der Waals surface area contributed by atoms with Gasteiger partial charge in [0.05, 0.1) is 7.11 Å². The highest BCUT2D eigenvalue weighted by Crippen LogP contribution is 2.18. The highest BCUT2D eigenvalue weighted by molar-refractivity contribution is 5.73. The van der Waals surface area contributed by atoms with Crippen LogP contribution in [0.1, 0.15) is 0 Å². The lowest BCUT2D eigenvalue weighted by atomic mass is 10.3. The number of ether oxygens (including phenoxy) is 1. The Bertz CT molecular complexity index is 367. The van der Waals surface area contributed by atoms with Crippen LogP contribution in [0.4, 0.5) is 0 Å². The van der Waals surface area contributed by atoms with Gasteiger partial charge in [-0.15, -0.1) is 0 Å². The third kappa shape index (κ3) is 0.941. The van der Waals surface area contributed by atoms with Crippen LogP contribution in [0, 0.1) is 6.39 Å². The number of hydrogen-bond donors (Lipinski definition) is 0. The molecular weight excluding hydrogens is 142 g/mol. The zero-order valence-electron chi connectivity index (χ0n) is 6.00. The van der Waals surface area contributed by atoms with Crippen LogP contribution in [-0.4, -0.2) is 12.1 Å². The van der Waals surface area contributed by atoms with E-state index in [-0.39, 0.29) is 0 Å². The van der Waals surface area contributed by atoms with Crippen molar-refractivity contribution in [1.82, 2.24) is 4.98 Å². The molecule has 0 N–H and O–H groups in total. The van der Waals surface area contributed by atoms with Gasteiger partial charge in [-0.05, 0) is 12.1 Å². The maximum Gasteiger partial charge on any atom is 0.284 e. The number of hydrogen-bond acceptors (Lipinski definition) is 3. The van der Waals surface area contributed by atoms with Crippen LogP contribution in [0.25, 0.3) is 11.1 Å². The van der Waals surface area contributed by atoms with Gasteiger partial charge in [0.1, 0.15) is 11.3 Å². The van der Waals surface area contributed by atoms with Gasteiger partial charge in [0.25, 0.3) is 6.39 Å². The van der Waals surface area contributed by atoms with E-state index in [2.05, 4.69) is 11.4 Å². The van der Waals surface area contributed by atoms with Crippen LogP contribution >= 0.6 is 0 Å². The van der Waals surface area contributed by atoms with Crippen LogP contribution in [0.5, 0.6) is 5.75 Å². The van der Waals surface area contributed by atoms with Crippen molar-refractivity contribution in [3.05, 3.63) is 24.6 Å². The minimum Gasteiger partial charge on any atom is -0.497 e. The zero-order valence-corrected chi connectivity index (χ0v) is 6.00. The van der Waals surface area contributed by atoms with Gasteiger partial charge in [0, 0.05) is 6.07 Å². The molecule has 2 aromatic rings. The molecule has 3 nitrogen and oxygen atoms in total. The van der Waals surface area contributed by atoms with E-state index >= 15 is 0 Å². The summed E-state index contributed by atoms with van der Waals surface area (Å²) in [6.07, 6.45) is 2.41. The lowest BCUT2D eigenvalue weighted by Gasteiger charge is -1.95. The van der Waals surface area contributed by atoms with E-state index in [1.807, 2.05) is 12.1 Å². The molecule has 0 fully saturated rings. The molecule has 0 aliphatic carbocycles. The molecule has 1 aromatic heterocycles. The lowest BCUT2D eigenvalue weighted by Crippen LogP contribution is -1.80. The molecule has 2 rings (SSSR count). The minimum atomic E-state index is 0.698. The Balaban J connectivity index is 2.67. The Kier molecular flexibility index (Phi) is 1.28. The Morgan fingerprint density at radius 3 is 3.27 bits per heavy atom. The van der Waals surface area contributed by atoms with E-state index in [1.54, 1.807) is 13.2 Å². The van der Waals surface area contributed by atoms with Crippen molar-refractivity contribution in [2.24, 2.45) is 0 Å². The van der Waals surface area contributed by atoms with Crippen molar-refractivity contribution in [3.8, 4) is 5.75 Å². The number of nitrogens with zero attached hydrogens (tertiary/aromatic N) is 1. The number of methoxy groups -OCH3 is 1. The van der Waals surface area contributed by atoms with Gasteiger partial charge in [0.15, 0.2) is 5.58 Å². The molecule has 0 saturated carbocycles. The number of rotatable bonds is 1. The van der Waals surface area contributed by atoms with Crippen molar-refractivity contribution in [1.29, 1.82) is 0 Å². The largest absolute Gasteiger partial charge is 0.497 e. The summed E-state index contributed by atoms with van der Waals surface area (Å²) in [6, 6.07) is 5.44. The molecule has 0 atom stereocenters. The minimum absolute atomic E-state index is 0.698. The van der Waals surface area contributed by atoms with Gasteiger partial charge in [-0.25, -0.2) is 4.98 Å². The van der Waals surface area contributed by atoms with E-state index in [9.17, 15) is 0 Å². The van der Waals surface area contributed by atoms with E-state index < -0.39 is 0 Å². The summed E-state index contributed by atoms with van der Waals surface area (Å²) in [5.74, 6) is 0.766. The molecule has 1 heterocycles. The lowest BCUT2D eigenvalue weighted by molar-refractivity contribution is 0.414. The molecule has 3 heteroatoms. The third-order valence-electron chi connectivity index (χ3n) is 1.49. The van der Waals surface area contributed by atoms with Gasteiger partial charge in [0.2, 0.25) is 0 Å². The van der Waals surface area contributed by atoms with E-state index in [1.165, 1.54) is 0 Å². The molecule has 0 spiro atoms. The molecule has 0 saturated heterocycles. The Labute approximate surface area is 63.6 Å². The summed E-state index contributed by atoms with van der Waals surface area (Å²) in [5, 5.41) is 0. The fourth-order valence-corrected chi connectivity index (χ4v) is 0.917. The van der Waals surface area contributed by atoms with Crippen LogP contribution in [-0.2, 0) is 0 Å². The van der Waals surface area contributed by atoms with E-state index in [4.69, 9.17) is 9.15 Å². The molecule has 0 bridgehead atoms. The predicted molar refractivity (Wildman–Crippen MR) is 39.4 cm³/mol. The summed E-state index contributed by atoms with van der Waals surface area (Å²) in [7, 11) is 1.61. The maximum absolute atomic E-state index is 4.99. The SMILES string of the molecule is COc1ccc2n[c]oc2c1. The molecule has 0 unspecified atom stereocenters. The van der Waals surface area contributed by atoms with Crippen molar-refractivity contribution >= 4 is 11.1 Å². The summed E-state index contributed by atoms with van der Waals surface area (Å²) in [5.41, 5.74) is 1.50. The first-order chi connectivity index (χ1) is 5.40. The van der Waals surface area contributed by atoms with Crippen LogP contribution in [0.15, 0.2) is 22.6 Å². The van der Waals surface area contributed by atoms with E-state index in [0.29, 0.717) is 5.58 Å². The normalized spacial score (nSPS) is 10.3. The van der Waals surface area contributed by atoms with Crippen molar-refractivity contribution in [2.75, 3.05) is 7.11 Å². The molecule has 1 aromatic carbocycles. The monoisotopic (exact) mass is 148 g/mol. The van der Waals surface area contributed by atoms with Crippen molar-refractivity contribution in [2.45, 2.75) is 0 Å². The average molecular weight is 148 g/mol. The predicted octanol–water partition coefficient (Wildman–Crippen LogP) is 1.64. The second-order valence-corrected chi connectivity index (χ2v) is 2.14. The smallest absolute Gasteiger partial charge is 0.284 e. The van der Waals surface area contributed by atoms with Crippen LogP contribution < -0.4 is 4.74 Å². The molecule has 1 radical (unpaired) electrons. The second-order valence-electron chi connectivity index (χ2n) is 2.14. The fourth-order valence-electron chi connectivity index (χ4n) is 0.917. The number of fused-ring (bicyclic) bond motifs is 1. The zero-order chi connectivity index (χ0) is 7.68. The van der Waals surface area contributed by atoms with Crippen LogP contribution in [0.3, 0.4) is 0 Å². The summed E-state index contributed by atoms with van der Waals surface area (Å²) in [6.45, 7) is 0. The van der Waals surface area contributed by atoms with Gasteiger partial charge in [-0.1, -0.05) is 0 Å². The Morgan fingerprint density at radius 1 is 1.55 bits per heavy atom. The standard InChI is InChI=1S/C8H6NO2/c1-10-6-2-3-7-8(4-6)11-5-9-7/h2-4H,1H3. The van der Waals surface area contributed by atoms with Gasteiger partial charge in [-0.2, -0.15) is 0 Å². The molecular formula is C8H6NO2. The molecule has 0 aliphatic rings. The van der Waals surface area contributed by atoms with Gasteiger partial charge >= 0.3 is 0 Å². The summed E-state index contributed by atoms with van der Waals surface area (Å²) >= 11 is 0. The van der Waals surface area contributed by atoms with Crippen molar-refractivity contribution < 1.29 is 9.15 Å². The molecule has 0 amide bonds. The van der Waals surface area contributed by atoms with Crippen LogP contribution in [0.2, 0.25) is 0 Å².